The fraction of sp³-hybridized carbons (Fsp3) is 1.00. The molecule has 0 fully saturated rings. The highest BCUT2D eigenvalue weighted by atomic mass is 31.2. The number of unbranched alkanes of at least 4 members (excludes halogenated alkanes) is 23. The Labute approximate surface area is 307 Å². The summed E-state index contributed by atoms with van der Waals surface area (Å²) in [4.78, 5) is 19.5. The Morgan fingerprint density at radius 2 is 0.673 bits per heavy atom. The number of hydrogen-bond donors (Lipinski definition) is 2. The van der Waals surface area contributed by atoms with E-state index in [1.807, 2.05) is 6.92 Å². The Bertz CT molecular complexity index is 633. The van der Waals surface area contributed by atoms with Gasteiger partial charge >= 0.3 is 0 Å². The maximum Gasteiger partial charge on any atom is 0.102 e. The van der Waals surface area contributed by atoms with Crippen LogP contribution in [0, 0.1) is 0 Å². The van der Waals surface area contributed by atoms with Crippen molar-refractivity contribution in [1.29, 1.82) is 0 Å². The van der Waals surface area contributed by atoms with E-state index in [-0.39, 0.29) is 6.61 Å². The van der Waals surface area contributed by atoms with Gasteiger partial charge in [0, 0.05) is 0 Å². The lowest BCUT2D eigenvalue weighted by Crippen LogP contribution is -2.42. The van der Waals surface area contributed by atoms with Gasteiger partial charge in [-0.2, -0.15) is 0 Å². The molecule has 0 aliphatic rings. The van der Waals surface area contributed by atoms with E-state index in [1.54, 1.807) is 0 Å². The van der Waals surface area contributed by atoms with Crippen molar-refractivity contribution in [3.8, 4) is 0 Å². The quantitative estimate of drug-likeness (QED) is 0.0389. The highest BCUT2D eigenvalue weighted by Crippen LogP contribution is 2.24. The molecule has 0 aromatic carbocycles. The average molecular weight is 725 g/mol. The van der Waals surface area contributed by atoms with E-state index in [1.165, 1.54) is 167 Å². The second kappa shape index (κ2) is 39.2. The van der Waals surface area contributed by atoms with Gasteiger partial charge in [0.2, 0.25) is 0 Å². The molecule has 0 radical (unpaired) electrons. The zero-order valence-corrected chi connectivity index (χ0v) is 35.1. The van der Waals surface area contributed by atoms with Crippen LogP contribution in [-0.4, -0.2) is 93.4 Å². The number of aliphatic hydroxyl groups excluding tert-OH is 2. The average Bonchev–Trinajstić information content (AvgIpc) is 3.02. The van der Waals surface area contributed by atoms with Crippen LogP contribution in [0.1, 0.15) is 188 Å². The summed E-state index contributed by atoms with van der Waals surface area (Å²) in [5, 5.41) is 18.0. The summed E-state index contributed by atoms with van der Waals surface area (Å²) in [5.41, 5.74) is 0. The first kappa shape index (κ1) is 53.3. The summed E-state index contributed by atoms with van der Waals surface area (Å²) < 4.78 is 15.6. The van der Waals surface area contributed by atoms with Gasteiger partial charge in [0.25, 0.3) is 0 Å². The summed E-state index contributed by atoms with van der Waals surface area (Å²) >= 11 is 0. The molecule has 8 nitrogen and oxygen atoms in total. The molecule has 0 heterocycles. The number of likely N-dealkylation sites (N-methyl/N-ethyl adjacent to an activating group) is 2. The fourth-order valence-corrected chi connectivity index (χ4v) is 6.20. The summed E-state index contributed by atoms with van der Waals surface area (Å²) in [5.74, 6) is 0. The molecular weight excluding hydrogens is 635 g/mol. The first-order chi connectivity index (χ1) is 23.3. The Morgan fingerprint density at radius 3 is 0.898 bits per heavy atom. The highest BCUT2D eigenvalue weighted by Gasteiger charge is 2.13. The van der Waals surface area contributed by atoms with Crippen molar-refractivity contribution in [2.24, 2.45) is 0 Å². The zero-order chi connectivity index (χ0) is 37.5. The predicted octanol–water partition coefficient (Wildman–Crippen LogP) is 9.14. The first-order valence-corrected chi connectivity index (χ1v) is 22.3. The molecule has 0 aromatic heterocycles. The van der Waals surface area contributed by atoms with Crippen molar-refractivity contribution in [2.75, 3.05) is 74.2 Å². The molecule has 300 valence electrons. The lowest BCUT2D eigenvalue weighted by atomic mass is 10.1. The maximum absolute atomic E-state index is 9.76. The van der Waals surface area contributed by atoms with Gasteiger partial charge in [-0.05, 0) is 32.1 Å². The van der Waals surface area contributed by atoms with E-state index >= 15 is 0 Å². The first-order valence-electron chi connectivity index (χ1n) is 20.8. The van der Waals surface area contributed by atoms with Crippen molar-refractivity contribution < 1.29 is 38.1 Å². The van der Waals surface area contributed by atoms with Gasteiger partial charge in [-0.15, -0.1) is 0 Å². The minimum atomic E-state index is -4.70. The number of hydrogen-bond acceptors (Lipinski definition) is 6. The molecule has 0 rings (SSSR count). The number of phosphoric acid groups is 1. The van der Waals surface area contributed by atoms with Crippen molar-refractivity contribution in [2.45, 2.75) is 188 Å². The summed E-state index contributed by atoms with van der Waals surface area (Å²) in [7, 11) is 4.17. The molecule has 0 aliphatic carbocycles. The van der Waals surface area contributed by atoms with Crippen LogP contribution >= 0.6 is 7.82 Å². The molecule has 0 unspecified atom stereocenters. The fourth-order valence-electron chi connectivity index (χ4n) is 5.85. The summed E-state index contributed by atoms with van der Waals surface area (Å²) in [6, 6.07) is 0. The van der Waals surface area contributed by atoms with Gasteiger partial charge in [0.05, 0.1) is 68.9 Å². The third-order valence-electron chi connectivity index (χ3n) is 9.39. The Balaban J connectivity index is -0.000000695. The topological polar surface area (TPSA) is 113 Å². The number of aliphatic hydroxyl groups is 2. The monoisotopic (exact) mass is 725 g/mol. The third kappa shape index (κ3) is 52.4. The van der Waals surface area contributed by atoms with Crippen LogP contribution in [0.3, 0.4) is 0 Å². The minimum Gasteiger partial charge on any atom is -0.790 e. The van der Waals surface area contributed by atoms with E-state index in [9.17, 15) is 14.4 Å². The lowest BCUT2D eigenvalue weighted by molar-refractivity contribution is -0.890. The summed E-state index contributed by atoms with van der Waals surface area (Å²) in [6.45, 7) is 11.3. The Morgan fingerprint density at radius 1 is 0.429 bits per heavy atom. The normalized spacial score (nSPS) is 12.0. The molecule has 0 saturated heterocycles. The molecule has 0 aliphatic heterocycles. The van der Waals surface area contributed by atoms with Crippen LogP contribution in [0.15, 0.2) is 0 Å². The molecular formula is C40H89N2O6P. The van der Waals surface area contributed by atoms with Crippen molar-refractivity contribution in [3.63, 3.8) is 0 Å². The molecule has 0 spiro atoms. The lowest BCUT2D eigenvalue weighted by Gasteiger charge is -2.28. The molecule has 0 saturated carbocycles. The molecule has 2 N–H and O–H groups in total. The number of quaternary nitrogens is 2. The largest absolute Gasteiger partial charge is 0.790 e. The SMILES string of the molecule is CCCCCCCCCCCCCC[N+](C)(C)CCO.CCCCCCCCCCCCCC[N+](C)(C)CCO.CCCCOP(=O)([O-])[O-]. The van der Waals surface area contributed by atoms with Crippen LogP contribution in [0.4, 0.5) is 0 Å². The van der Waals surface area contributed by atoms with Crippen molar-refractivity contribution in [3.05, 3.63) is 0 Å². The Kier molecular flexibility index (Phi) is 42.6. The molecule has 0 atom stereocenters. The third-order valence-corrected chi connectivity index (χ3v) is 9.89. The van der Waals surface area contributed by atoms with E-state index in [4.69, 9.17) is 10.2 Å². The van der Waals surface area contributed by atoms with Gasteiger partial charge in [-0.25, -0.2) is 0 Å². The molecule has 9 heteroatoms. The van der Waals surface area contributed by atoms with Crippen LogP contribution in [-0.2, 0) is 9.09 Å². The maximum atomic E-state index is 9.76. The zero-order valence-electron chi connectivity index (χ0n) is 34.2. The standard InChI is InChI=1S/2C18H40NO.C4H11O4P/c2*1-4-5-6-7-8-9-10-11-12-13-14-15-16-19(2,3)17-18-20;1-2-3-4-8-9(5,6)7/h2*20H,4-18H2,1-3H3;2-4H2,1H3,(H2,5,6,7)/q2*+1;/p-2. The van der Waals surface area contributed by atoms with Crippen LogP contribution in [0.25, 0.3) is 0 Å². The number of phosphoric ester groups is 1. The van der Waals surface area contributed by atoms with Crippen molar-refractivity contribution >= 4 is 7.82 Å². The van der Waals surface area contributed by atoms with E-state index in [0.717, 1.165) is 28.5 Å². The highest BCUT2D eigenvalue weighted by molar-refractivity contribution is 7.43. The smallest absolute Gasteiger partial charge is 0.102 e. The van der Waals surface area contributed by atoms with Gasteiger partial charge in [-0.3, -0.25) is 0 Å². The molecule has 0 aromatic rings. The van der Waals surface area contributed by atoms with Gasteiger partial charge in [0.15, 0.2) is 0 Å². The second-order valence-electron chi connectivity index (χ2n) is 15.6. The van der Waals surface area contributed by atoms with E-state index < -0.39 is 7.82 Å². The van der Waals surface area contributed by atoms with Crippen LogP contribution in [0.2, 0.25) is 0 Å². The van der Waals surface area contributed by atoms with E-state index in [0.29, 0.717) is 19.6 Å². The summed E-state index contributed by atoms with van der Waals surface area (Å²) in [6.07, 6.45) is 35.3. The van der Waals surface area contributed by atoms with Gasteiger partial charge < -0.3 is 38.1 Å². The van der Waals surface area contributed by atoms with Gasteiger partial charge in [-0.1, -0.05) is 156 Å². The van der Waals surface area contributed by atoms with Crippen LogP contribution < -0.4 is 9.79 Å². The minimum absolute atomic E-state index is 0.0147. The van der Waals surface area contributed by atoms with Gasteiger partial charge in [0.1, 0.15) is 13.1 Å². The molecule has 0 amide bonds. The van der Waals surface area contributed by atoms with E-state index in [2.05, 4.69) is 46.6 Å². The van der Waals surface area contributed by atoms with Crippen molar-refractivity contribution in [1.82, 2.24) is 0 Å². The number of rotatable bonds is 34. The van der Waals surface area contributed by atoms with Crippen LogP contribution in [0.5, 0.6) is 0 Å². The Hall–Kier alpha value is -0.0500. The molecule has 0 bridgehead atoms. The second-order valence-corrected chi connectivity index (χ2v) is 16.8. The predicted molar refractivity (Wildman–Crippen MR) is 208 cm³/mol. The molecule has 49 heavy (non-hydrogen) atoms. The number of nitrogens with zero attached hydrogens (tertiary/aromatic N) is 2.